The highest BCUT2D eigenvalue weighted by Crippen LogP contribution is 2.15. The summed E-state index contributed by atoms with van der Waals surface area (Å²) in [5, 5.41) is 13.3. The fourth-order valence-electron chi connectivity index (χ4n) is 1.51. The second-order valence-corrected chi connectivity index (χ2v) is 3.68. The van der Waals surface area contributed by atoms with Crippen LogP contribution in [-0.4, -0.2) is 27.7 Å². The average Bonchev–Trinajstić information content (AvgIpc) is 2.69. The molecule has 0 aliphatic rings. The summed E-state index contributed by atoms with van der Waals surface area (Å²) in [5.41, 5.74) is 2.09. The smallest absolute Gasteiger partial charge is 0.137 e. The molecule has 0 saturated heterocycles. The zero-order chi connectivity index (χ0) is 10.7. The quantitative estimate of drug-likeness (QED) is 0.698. The summed E-state index contributed by atoms with van der Waals surface area (Å²) >= 11 is 0. The van der Waals surface area contributed by atoms with Crippen LogP contribution < -0.4 is 5.32 Å². The Morgan fingerprint density at radius 2 is 2.47 bits per heavy atom. The molecule has 80 valence electrons. The van der Waals surface area contributed by atoms with E-state index in [1.165, 1.54) is 5.56 Å². The summed E-state index contributed by atoms with van der Waals surface area (Å²) in [6.45, 7) is 2.85. The standard InChI is InChI=1S/C11H15N3O/c1-8(7-15)13-5-9-6-14-11-10(9)3-2-4-12-11/h2-4,6,8,13,15H,5,7H2,1H3,(H,12,14)/t8-/m1/s1. The first-order chi connectivity index (χ1) is 7.31. The Balaban J connectivity index is 2.14. The first-order valence-electron chi connectivity index (χ1n) is 5.06. The van der Waals surface area contributed by atoms with E-state index in [1.807, 2.05) is 25.3 Å². The molecule has 0 unspecified atom stereocenters. The Morgan fingerprint density at radius 1 is 1.60 bits per heavy atom. The molecule has 0 bridgehead atoms. The molecule has 2 heterocycles. The first-order valence-corrected chi connectivity index (χ1v) is 5.06. The van der Waals surface area contributed by atoms with Gasteiger partial charge >= 0.3 is 0 Å². The highest BCUT2D eigenvalue weighted by molar-refractivity contribution is 5.79. The fourth-order valence-corrected chi connectivity index (χ4v) is 1.51. The molecule has 0 fully saturated rings. The number of aromatic nitrogens is 2. The number of hydrogen-bond acceptors (Lipinski definition) is 3. The Hall–Kier alpha value is -1.39. The van der Waals surface area contributed by atoms with Crippen LogP contribution in [-0.2, 0) is 6.54 Å². The van der Waals surface area contributed by atoms with E-state index in [9.17, 15) is 0 Å². The molecule has 2 aromatic heterocycles. The largest absolute Gasteiger partial charge is 0.395 e. The maximum Gasteiger partial charge on any atom is 0.137 e. The number of aliphatic hydroxyl groups excluding tert-OH is 1. The number of H-pyrrole nitrogens is 1. The SMILES string of the molecule is C[C@H](CO)NCc1c[nH]c2ncccc12. The second-order valence-electron chi connectivity index (χ2n) is 3.68. The molecule has 15 heavy (non-hydrogen) atoms. The second kappa shape index (κ2) is 4.42. The van der Waals surface area contributed by atoms with Gasteiger partial charge in [-0.05, 0) is 24.6 Å². The molecule has 0 saturated carbocycles. The third-order valence-corrected chi connectivity index (χ3v) is 2.45. The molecule has 0 aliphatic heterocycles. The Kier molecular flexibility index (Phi) is 2.99. The predicted octanol–water partition coefficient (Wildman–Crippen LogP) is 1.03. The van der Waals surface area contributed by atoms with Crippen LogP contribution >= 0.6 is 0 Å². The van der Waals surface area contributed by atoms with Crippen molar-refractivity contribution in [1.29, 1.82) is 0 Å². The zero-order valence-electron chi connectivity index (χ0n) is 8.70. The van der Waals surface area contributed by atoms with Gasteiger partial charge in [0.15, 0.2) is 0 Å². The van der Waals surface area contributed by atoms with Gasteiger partial charge in [-0.3, -0.25) is 0 Å². The number of aromatic amines is 1. The van der Waals surface area contributed by atoms with Crippen molar-refractivity contribution in [3.8, 4) is 0 Å². The van der Waals surface area contributed by atoms with Crippen LogP contribution in [0, 0.1) is 0 Å². The molecule has 0 radical (unpaired) electrons. The van der Waals surface area contributed by atoms with Gasteiger partial charge in [-0.15, -0.1) is 0 Å². The van der Waals surface area contributed by atoms with Crippen LogP contribution in [0.4, 0.5) is 0 Å². The molecule has 4 nitrogen and oxygen atoms in total. The fraction of sp³-hybridized carbons (Fsp3) is 0.364. The lowest BCUT2D eigenvalue weighted by molar-refractivity contribution is 0.251. The molecule has 0 amide bonds. The van der Waals surface area contributed by atoms with Gasteiger partial charge in [0, 0.05) is 30.4 Å². The van der Waals surface area contributed by atoms with E-state index < -0.39 is 0 Å². The summed E-state index contributed by atoms with van der Waals surface area (Å²) in [4.78, 5) is 7.33. The lowest BCUT2D eigenvalue weighted by Gasteiger charge is -2.09. The van der Waals surface area contributed by atoms with Gasteiger partial charge in [-0.25, -0.2) is 4.98 Å². The molecule has 3 N–H and O–H groups in total. The van der Waals surface area contributed by atoms with Gasteiger partial charge in [-0.1, -0.05) is 0 Å². The van der Waals surface area contributed by atoms with E-state index in [2.05, 4.69) is 15.3 Å². The number of fused-ring (bicyclic) bond motifs is 1. The molecule has 1 atom stereocenters. The Labute approximate surface area is 88.3 Å². The van der Waals surface area contributed by atoms with Crippen LogP contribution in [0.2, 0.25) is 0 Å². The van der Waals surface area contributed by atoms with Crippen molar-refractivity contribution in [3.05, 3.63) is 30.1 Å². The van der Waals surface area contributed by atoms with Crippen LogP contribution in [0.25, 0.3) is 11.0 Å². The number of nitrogens with one attached hydrogen (secondary N) is 2. The van der Waals surface area contributed by atoms with Crippen molar-refractivity contribution in [2.75, 3.05) is 6.61 Å². The molecule has 4 heteroatoms. The minimum atomic E-state index is 0.117. The van der Waals surface area contributed by atoms with Crippen LogP contribution in [0.3, 0.4) is 0 Å². The number of pyridine rings is 1. The third-order valence-electron chi connectivity index (χ3n) is 2.45. The van der Waals surface area contributed by atoms with Crippen molar-refractivity contribution >= 4 is 11.0 Å². The van der Waals surface area contributed by atoms with Crippen molar-refractivity contribution in [2.24, 2.45) is 0 Å². The van der Waals surface area contributed by atoms with Crippen molar-refractivity contribution < 1.29 is 5.11 Å². The van der Waals surface area contributed by atoms with E-state index in [-0.39, 0.29) is 12.6 Å². The average molecular weight is 205 g/mol. The summed E-state index contributed by atoms with van der Waals surface area (Å²) < 4.78 is 0. The predicted molar refractivity (Wildman–Crippen MR) is 59.5 cm³/mol. The van der Waals surface area contributed by atoms with Gasteiger partial charge < -0.3 is 15.4 Å². The van der Waals surface area contributed by atoms with E-state index in [1.54, 1.807) is 6.20 Å². The molecular weight excluding hydrogens is 190 g/mol. The highest BCUT2D eigenvalue weighted by Gasteiger charge is 2.04. The number of rotatable bonds is 4. The molecule has 0 aliphatic carbocycles. The minimum Gasteiger partial charge on any atom is -0.395 e. The van der Waals surface area contributed by atoms with Gasteiger partial charge in [0.05, 0.1) is 6.61 Å². The van der Waals surface area contributed by atoms with Gasteiger partial charge in [-0.2, -0.15) is 0 Å². The zero-order valence-corrected chi connectivity index (χ0v) is 8.70. The first kappa shape index (κ1) is 10.1. The van der Waals surface area contributed by atoms with E-state index in [0.29, 0.717) is 0 Å². The maximum atomic E-state index is 8.89. The number of hydrogen-bond donors (Lipinski definition) is 3. The molecule has 2 aromatic rings. The highest BCUT2D eigenvalue weighted by atomic mass is 16.3. The van der Waals surface area contributed by atoms with E-state index in [0.717, 1.165) is 17.6 Å². The summed E-state index contributed by atoms with van der Waals surface area (Å²) in [5.74, 6) is 0. The molecule has 0 aromatic carbocycles. The third kappa shape index (κ3) is 2.16. The minimum absolute atomic E-state index is 0.117. The number of nitrogens with zero attached hydrogens (tertiary/aromatic N) is 1. The van der Waals surface area contributed by atoms with E-state index >= 15 is 0 Å². The van der Waals surface area contributed by atoms with Crippen molar-refractivity contribution in [1.82, 2.24) is 15.3 Å². The molecule has 2 rings (SSSR count). The van der Waals surface area contributed by atoms with Crippen molar-refractivity contribution in [3.63, 3.8) is 0 Å². The van der Waals surface area contributed by atoms with Gasteiger partial charge in [0.1, 0.15) is 5.65 Å². The Morgan fingerprint density at radius 3 is 3.27 bits per heavy atom. The Bertz CT molecular complexity index is 438. The van der Waals surface area contributed by atoms with Crippen molar-refractivity contribution in [2.45, 2.75) is 19.5 Å². The van der Waals surface area contributed by atoms with Crippen LogP contribution in [0.5, 0.6) is 0 Å². The molecule has 0 spiro atoms. The summed E-state index contributed by atoms with van der Waals surface area (Å²) in [6, 6.07) is 4.08. The van der Waals surface area contributed by atoms with E-state index in [4.69, 9.17) is 5.11 Å². The normalized spacial score (nSPS) is 13.2. The summed E-state index contributed by atoms with van der Waals surface area (Å²) in [6.07, 6.45) is 3.72. The number of aliphatic hydroxyl groups is 1. The van der Waals surface area contributed by atoms with Crippen LogP contribution in [0.1, 0.15) is 12.5 Å². The molecular formula is C11H15N3O. The van der Waals surface area contributed by atoms with Crippen LogP contribution in [0.15, 0.2) is 24.5 Å². The van der Waals surface area contributed by atoms with Gasteiger partial charge in [0.2, 0.25) is 0 Å². The lowest BCUT2D eigenvalue weighted by atomic mass is 10.2. The monoisotopic (exact) mass is 205 g/mol. The van der Waals surface area contributed by atoms with Gasteiger partial charge in [0.25, 0.3) is 0 Å². The lowest BCUT2D eigenvalue weighted by Crippen LogP contribution is -2.28. The summed E-state index contributed by atoms with van der Waals surface area (Å²) in [7, 11) is 0. The maximum absolute atomic E-state index is 8.89. The topological polar surface area (TPSA) is 60.9 Å².